The van der Waals surface area contributed by atoms with E-state index in [0.29, 0.717) is 0 Å². The van der Waals surface area contributed by atoms with Crippen LogP contribution in [0.2, 0.25) is 0 Å². The van der Waals surface area contributed by atoms with Crippen molar-refractivity contribution in [2.75, 3.05) is 13.1 Å². The summed E-state index contributed by atoms with van der Waals surface area (Å²) >= 11 is 0. The molecule has 3 unspecified atom stereocenters. The van der Waals surface area contributed by atoms with Crippen molar-refractivity contribution in [1.29, 1.82) is 0 Å². The monoisotopic (exact) mass is 247 g/mol. The molecule has 2 fully saturated rings. The second-order valence-electron chi connectivity index (χ2n) is 6.10. The Labute approximate surface area is 110 Å². The molecule has 100 valence electrons. The van der Waals surface area contributed by atoms with Gasteiger partial charge in [-0.3, -0.25) is 0 Å². The van der Waals surface area contributed by atoms with Crippen molar-refractivity contribution >= 4 is 0 Å². The summed E-state index contributed by atoms with van der Waals surface area (Å²) in [6.45, 7) is 5.44. The zero-order valence-corrected chi connectivity index (χ0v) is 11.4. The Morgan fingerprint density at radius 1 is 1.39 bits per heavy atom. The summed E-state index contributed by atoms with van der Waals surface area (Å²) in [4.78, 5) is 4.52. The van der Waals surface area contributed by atoms with Gasteiger partial charge in [-0.25, -0.2) is 4.98 Å². The van der Waals surface area contributed by atoms with Crippen molar-refractivity contribution in [2.24, 2.45) is 17.8 Å². The number of imidazole rings is 1. The molecule has 3 nitrogen and oxygen atoms in total. The van der Waals surface area contributed by atoms with E-state index in [1.54, 1.807) is 0 Å². The summed E-state index contributed by atoms with van der Waals surface area (Å²) in [5.41, 5.74) is 1.24. The molecule has 0 saturated heterocycles. The Morgan fingerprint density at radius 2 is 2.33 bits per heavy atom. The molecule has 1 aromatic rings. The zero-order chi connectivity index (χ0) is 12.4. The van der Waals surface area contributed by atoms with Crippen LogP contribution in [0.1, 0.15) is 38.3 Å². The first kappa shape index (κ1) is 12.2. The largest absolute Gasteiger partial charge is 0.337 e. The molecule has 0 aliphatic heterocycles. The fraction of sp³-hybridized carbons (Fsp3) is 0.800. The molecule has 18 heavy (non-hydrogen) atoms. The number of nitrogens with one attached hydrogen (secondary N) is 1. The standard InChI is InChI=1S/C15H25N3/c1-2-16-6-5-15-10-18(11-17-15)9-14-8-12-3-4-13(14)7-12/h10-14,16H,2-9H2,1H3. The smallest absolute Gasteiger partial charge is 0.0949 e. The minimum Gasteiger partial charge on any atom is -0.337 e. The van der Waals surface area contributed by atoms with Gasteiger partial charge in [0.25, 0.3) is 0 Å². The van der Waals surface area contributed by atoms with Crippen LogP contribution >= 0.6 is 0 Å². The summed E-state index contributed by atoms with van der Waals surface area (Å²) in [7, 11) is 0. The van der Waals surface area contributed by atoms with Gasteiger partial charge in [0.1, 0.15) is 0 Å². The van der Waals surface area contributed by atoms with Gasteiger partial charge in [-0.15, -0.1) is 0 Å². The molecule has 3 heteroatoms. The predicted molar refractivity (Wildman–Crippen MR) is 73.4 cm³/mol. The normalized spacial score (nSPS) is 30.2. The van der Waals surface area contributed by atoms with Gasteiger partial charge < -0.3 is 9.88 Å². The molecule has 1 aromatic heterocycles. The van der Waals surface area contributed by atoms with E-state index >= 15 is 0 Å². The quantitative estimate of drug-likeness (QED) is 0.783. The van der Waals surface area contributed by atoms with E-state index in [0.717, 1.165) is 37.3 Å². The van der Waals surface area contributed by atoms with Gasteiger partial charge in [-0.2, -0.15) is 0 Å². The minimum absolute atomic E-state index is 0.930. The van der Waals surface area contributed by atoms with Gasteiger partial charge in [0.15, 0.2) is 0 Å². The minimum atomic E-state index is 0.930. The molecule has 0 radical (unpaired) electrons. The van der Waals surface area contributed by atoms with Crippen LogP contribution < -0.4 is 5.32 Å². The molecule has 0 aromatic carbocycles. The second-order valence-corrected chi connectivity index (χ2v) is 6.10. The molecule has 2 saturated carbocycles. The van der Waals surface area contributed by atoms with Crippen LogP contribution in [-0.2, 0) is 13.0 Å². The molecular weight excluding hydrogens is 222 g/mol. The molecule has 0 spiro atoms. The molecule has 1 heterocycles. The van der Waals surface area contributed by atoms with Gasteiger partial charge in [0, 0.05) is 25.7 Å². The zero-order valence-electron chi connectivity index (χ0n) is 11.4. The number of hydrogen-bond acceptors (Lipinski definition) is 2. The number of hydrogen-bond donors (Lipinski definition) is 1. The lowest BCUT2D eigenvalue weighted by Crippen LogP contribution is -2.17. The third kappa shape index (κ3) is 2.61. The summed E-state index contributed by atoms with van der Waals surface area (Å²) in [5.74, 6) is 3.00. The Balaban J connectivity index is 1.51. The first-order valence-electron chi connectivity index (χ1n) is 7.56. The van der Waals surface area contributed by atoms with E-state index in [1.165, 1.54) is 37.9 Å². The Hall–Kier alpha value is -0.830. The first-order valence-corrected chi connectivity index (χ1v) is 7.56. The number of aromatic nitrogens is 2. The van der Waals surface area contributed by atoms with Gasteiger partial charge >= 0.3 is 0 Å². The second kappa shape index (κ2) is 5.43. The number of nitrogens with zero attached hydrogens (tertiary/aromatic N) is 2. The number of rotatable bonds is 6. The highest BCUT2D eigenvalue weighted by molar-refractivity contribution is 4.99. The van der Waals surface area contributed by atoms with Crippen LogP contribution in [0, 0.1) is 17.8 Å². The molecular formula is C15H25N3. The van der Waals surface area contributed by atoms with Crippen LogP contribution in [0.4, 0.5) is 0 Å². The lowest BCUT2D eigenvalue weighted by molar-refractivity contribution is 0.295. The maximum Gasteiger partial charge on any atom is 0.0949 e. The van der Waals surface area contributed by atoms with Crippen LogP contribution in [0.15, 0.2) is 12.5 Å². The third-order valence-corrected chi connectivity index (χ3v) is 4.82. The SMILES string of the molecule is CCNCCc1cn(CC2CC3CCC2C3)cn1. The van der Waals surface area contributed by atoms with Crippen molar-refractivity contribution < 1.29 is 0 Å². The first-order chi connectivity index (χ1) is 8.85. The molecule has 3 rings (SSSR count). The van der Waals surface area contributed by atoms with Crippen LogP contribution in [0.3, 0.4) is 0 Å². The van der Waals surface area contributed by atoms with E-state index in [9.17, 15) is 0 Å². The van der Waals surface area contributed by atoms with Gasteiger partial charge in [0.05, 0.1) is 12.0 Å². The Morgan fingerprint density at radius 3 is 3.06 bits per heavy atom. The Kier molecular flexibility index (Phi) is 3.69. The summed E-state index contributed by atoms with van der Waals surface area (Å²) < 4.78 is 2.33. The highest BCUT2D eigenvalue weighted by Crippen LogP contribution is 2.48. The molecule has 2 aliphatic rings. The van der Waals surface area contributed by atoms with Crippen molar-refractivity contribution in [3.05, 3.63) is 18.2 Å². The average molecular weight is 247 g/mol. The van der Waals surface area contributed by atoms with E-state index in [-0.39, 0.29) is 0 Å². The molecule has 3 atom stereocenters. The lowest BCUT2D eigenvalue weighted by atomic mass is 9.89. The van der Waals surface area contributed by atoms with Crippen molar-refractivity contribution in [3.63, 3.8) is 0 Å². The molecule has 1 N–H and O–H groups in total. The van der Waals surface area contributed by atoms with Gasteiger partial charge in [0.2, 0.25) is 0 Å². The van der Waals surface area contributed by atoms with E-state index in [2.05, 4.69) is 28.0 Å². The maximum absolute atomic E-state index is 4.52. The predicted octanol–water partition coefficient (Wildman–Crippen LogP) is 2.47. The van der Waals surface area contributed by atoms with Crippen molar-refractivity contribution in [1.82, 2.24) is 14.9 Å². The Bertz CT molecular complexity index is 385. The van der Waals surface area contributed by atoms with Crippen LogP contribution in [-0.4, -0.2) is 22.6 Å². The topological polar surface area (TPSA) is 29.9 Å². The van der Waals surface area contributed by atoms with E-state index in [1.807, 2.05) is 6.33 Å². The van der Waals surface area contributed by atoms with E-state index in [4.69, 9.17) is 0 Å². The third-order valence-electron chi connectivity index (χ3n) is 4.82. The molecule has 0 amide bonds. The highest BCUT2D eigenvalue weighted by atomic mass is 15.0. The summed E-state index contributed by atoms with van der Waals surface area (Å²) in [6, 6.07) is 0. The lowest BCUT2D eigenvalue weighted by Gasteiger charge is -2.21. The van der Waals surface area contributed by atoms with Crippen LogP contribution in [0.25, 0.3) is 0 Å². The van der Waals surface area contributed by atoms with Crippen molar-refractivity contribution in [2.45, 2.75) is 45.6 Å². The molecule has 2 aliphatic carbocycles. The number of likely N-dealkylation sites (N-methyl/N-ethyl adjacent to an activating group) is 1. The maximum atomic E-state index is 4.52. The fourth-order valence-corrected chi connectivity index (χ4v) is 3.90. The number of fused-ring (bicyclic) bond motifs is 2. The summed E-state index contributed by atoms with van der Waals surface area (Å²) in [6.07, 6.45) is 11.3. The summed E-state index contributed by atoms with van der Waals surface area (Å²) in [5, 5.41) is 3.35. The van der Waals surface area contributed by atoms with Gasteiger partial charge in [-0.05, 0) is 43.6 Å². The van der Waals surface area contributed by atoms with Crippen molar-refractivity contribution in [3.8, 4) is 0 Å². The van der Waals surface area contributed by atoms with Gasteiger partial charge in [-0.1, -0.05) is 13.3 Å². The highest BCUT2D eigenvalue weighted by Gasteiger charge is 2.39. The van der Waals surface area contributed by atoms with E-state index < -0.39 is 0 Å². The molecule has 2 bridgehead atoms. The fourth-order valence-electron chi connectivity index (χ4n) is 3.90. The van der Waals surface area contributed by atoms with Crippen LogP contribution in [0.5, 0.6) is 0 Å². The average Bonchev–Trinajstić information content (AvgIpc) is 3.06.